The van der Waals surface area contributed by atoms with E-state index in [-0.39, 0.29) is 67.9 Å². The van der Waals surface area contributed by atoms with Crippen molar-refractivity contribution in [2.24, 2.45) is 11.5 Å². The van der Waals surface area contributed by atoms with Crippen molar-refractivity contribution in [3.63, 3.8) is 0 Å². The van der Waals surface area contributed by atoms with E-state index < -0.39 is 0 Å². The van der Waals surface area contributed by atoms with Crippen molar-refractivity contribution in [1.82, 2.24) is 0 Å². The monoisotopic (exact) mass is 436 g/mol. The fraction of sp³-hybridized carbons (Fsp3) is 1.00. The van der Waals surface area contributed by atoms with Crippen LogP contribution in [0.5, 0.6) is 0 Å². The van der Waals surface area contributed by atoms with Crippen molar-refractivity contribution in [1.29, 1.82) is 0 Å². The Kier molecular flexibility index (Phi) is 71.3. The van der Waals surface area contributed by atoms with E-state index in [0.717, 1.165) is 25.9 Å². The molecule has 0 heterocycles. The number of hydrogen-bond donors (Lipinski definition) is 2. The van der Waals surface area contributed by atoms with Gasteiger partial charge in [0.2, 0.25) is 0 Å². The highest BCUT2D eigenvalue weighted by molar-refractivity contribution is 8.93. The molecule has 0 aromatic rings. The SMILES string of the molecule is Br.Br.Br.Br.NCCCCCCN. The summed E-state index contributed by atoms with van der Waals surface area (Å²) in [5, 5.41) is 0. The van der Waals surface area contributed by atoms with Crippen molar-refractivity contribution in [3.8, 4) is 0 Å². The van der Waals surface area contributed by atoms with Crippen molar-refractivity contribution in [2.45, 2.75) is 25.7 Å². The van der Waals surface area contributed by atoms with Crippen LogP contribution in [0.25, 0.3) is 0 Å². The molecule has 0 unspecified atom stereocenters. The molecule has 0 aliphatic heterocycles. The number of nitrogens with two attached hydrogens (primary N) is 2. The van der Waals surface area contributed by atoms with Gasteiger partial charge in [0.25, 0.3) is 0 Å². The molecule has 0 bridgehead atoms. The Balaban J connectivity index is -0.0000000408. The lowest BCUT2D eigenvalue weighted by Gasteiger charge is -1.94. The molecular formula is C6H20Br4N2. The Bertz CT molecular complexity index is 42.5. The molecule has 0 rings (SSSR count). The fourth-order valence-corrected chi connectivity index (χ4v) is 0.642. The van der Waals surface area contributed by atoms with Crippen LogP contribution < -0.4 is 11.5 Å². The van der Waals surface area contributed by atoms with Crippen LogP contribution in [0.2, 0.25) is 0 Å². The molecule has 6 heteroatoms. The Morgan fingerprint density at radius 1 is 0.500 bits per heavy atom. The quantitative estimate of drug-likeness (QED) is 0.647. The average molecular weight is 440 g/mol. The third-order valence-electron chi connectivity index (χ3n) is 1.16. The summed E-state index contributed by atoms with van der Waals surface area (Å²) < 4.78 is 0. The van der Waals surface area contributed by atoms with Gasteiger partial charge in [0.1, 0.15) is 0 Å². The highest BCUT2D eigenvalue weighted by Gasteiger charge is 1.83. The lowest BCUT2D eigenvalue weighted by atomic mass is 10.2. The van der Waals surface area contributed by atoms with Gasteiger partial charge in [0, 0.05) is 0 Å². The molecule has 0 radical (unpaired) electrons. The molecule has 4 N–H and O–H groups in total. The van der Waals surface area contributed by atoms with E-state index >= 15 is 0 Å². The van der Waals surface area contributed by atoms with Crippen molar-refractivity contribution >= 4 is 67.9 Å². The molecule has 0 aromatic heterocycles. The van der Waals surface area contributed by atoms with Crippen LogP contribution in [0, 0.1) is 0 Å². The Labute approximate surface area is 117 Å². The Morgan fingerprint density at radius 3 is 0.917 bits per heavy atom. The van der Waals surface area contributed by atoms with Crippen molar-refractivity contribution in [2.75, 3.05) is 13.1 Å². The average Bonchev–Trinajstić information content (AvgIpc) is 1.81. The zero-order valence-corrected chi connectivity index (χ0v) is 13.9. The molecule has 0 saturated heterocycles. The van der Waals surface area contributed by atoms with Crippen LogP contribution in [0.4, 0.5) is 0 Å². The van der Waals surface area contributed by atoms with E-state index in [1.165, 1.54) is 12.8 Å². The first-order valence-electron chi connectivity index (χ1n) is 3.32. The normalized spacial score (nSPS) is 6.50. The minimum absolute atomic E-state index is 0. The summed E-state index contributed by atoms with van der Waals surface area (Å²) in [5.74, 6) is 0. The number of hydrogen-bond acceptors (Lipinski definition) is 2. The summed E-state index contributed by atoms with van der Waals surface area (Å²) in [6.07, 6.45) is 4.79. The van der Waals surface area contributed by atoms with Gasteiger partial charge in [-0.05, 0) is 25.9 Å². The molecule has 82 valence electrons. The molecule has 0 atom stereocenters. The second-order valence-electron chi connectivity index (χ2n) is 1.99. The first-order valence-corrected chi connectivity index (χ1v) is 3.32. The van der Waals surface area contributed by atoms with Crippen LogP contribution >= 0.6 is 67.9 Å². The Morgan fingerprint density at radius 2 is 0.750 bits per heavy atom. The lowest BCUT2D eigenvalue weighted by molar-refractivity contribution is 0.653. The molecule has 0 amide bonds. The predicted octanol–water partition coefficient (Wildman–Crippen LogP) is 2.78. The maximum Gasteiger partial charge on any atom is -0.00773 e. The lowest BCUT2D eigenvalue weighted by Crippen LogP contribution is -2.00. The van der Waals surface area contributed by atoms with Gasteiger partial charge in [-0.3, -0.25) is 0 Å². The summed E-state index contributed by atoms with van der Waals surface area (Å²) >= 11 is 0. The van der Waals surface area contributed by atoms with E-state index in [0.29, 0.717) is 0 Å². The molecule has 0 aromatic carbocycles. The van der Waals surface area contributed by atoms with Gasteiger partial charge >= 0.3 is 0 Å². The molecule has 0 fully saturated rings. The zero-order valence-electron chi connectivity index (χ0n) is 7.03. The second-order valence-corrected chi connectivity index (χ2v) is 1.99. The smallest absolute Gasteiger partial charge is 0.00773 e. The van der Waals surface area contributed by atoms with E-state index in [4.69, 9.17) is 11.5 Å². The van der Waals surface area contributed by atoms with Gasteiger partial charge in [0.15, 0.2) is 0 Å². The number of rotatable bonds is 5. The molecule has 0 aliphatic carbocycles. The molecule has 0 saturated carbocycles. The standard InChI is InChI=1S/C6H16N2.4BrH/c7-5-3-1-2-4-6-8;;;;/h1-8H2;4*1H. The molecule has 0 spiro atoms. The van der Waals surface area contributed by atoms with E-state index in [9.17, 15) is 0 Å². The summed E-state index contributed by atoms with van der Waals surface area (Å²) in [7, 11) is 0. The first kappa shape index (κ1) is 29.2. The van der Waals surface area contributed by atoms with Crippen LogP contribution in [0.15, 0.2) is 0 Å². The van der Waals surface area contributed by atoms with Gasteiger partial charge in [-0.15, -0.1) is 67.9 Å². The number of halogens is 4. The minimum Gasteiger partial charge on any atom is -0.330 e. The second kappa shape index (κ2) is 29.3. The van der Waals surface area contributed by atoms with Crippen LogP contribution in [0.1, 0.15) is 25.7 Å². The highest BCUT2D eigenvalue weighted by atomic mass is 79.9. The summed E-state index contributed by atoms with van der Waals surface area (Å²) in [5.41, 5.74) is 10.6. The Hall–Kier alpha value is 1.84. The van der Waals surface area contributed by atoms with Crippen LogP contribution in [-0.2, 0) is 0 Å². The van der Waals surface area contributed by atoms with Crippen LogP contribution in [-0.4, -0.2) is 13.1 Å². The van der Waals surface area contributed by atoms with Gasteiger partial charge in [-0.2, -0.15) is 0 Å². The van der Waals surface area contributed by atoms with Crippen molar-refractivity contribution < 1.29 is 0 Å². The minimum atomic E-state index is 0. The molecular weight excluding hydrogens is 420 g/mol. The maximum atomic E-state index is 5.28. The largest absolute Gasteiger partial charge is 0.330 e. The topological polar surface area (TPSA) is 52.0 Å². The van der Waals surface area contributed by atoms with Gasteiger partial charge in [-0.1, -0.05) is 12.8 Å². The zero-order chi connectivity index (χ0) is 6.24. The third-order valence-corrected chi connectivity index (χ3v) is 1.16. The predicted molar refractivity (Wildman–Crippen MR) is 77.9 cm³/mol. The highest BCUT2D eigenvalue weighted by Crippen LogP contribution is 1.95. The molecule has 0 aliphatic rings. The molecule has 12 heavy (non-hydrogen) atoms. The van der Waals surface area contributed by atoms with Crippen LogP contribution in [0.3, 0.4) is 0 Å². The molecule has 2 nitrogen and oxygen atoms in total. The van der Waals surface area contributed by atoms with Gasteiger partial charge in [-0.25, -0.2) is 0 Å². The summed E-state index contributed by atoms with van der Waals surface area (Å²) in [6.45, 7) is 1.65. The van der Waals surface area contributed by atoms with Gasteiger partial charge < -0.3 is 11.5 Å². The fourth-order valence-electron chi connectivity index (χ4n) is 0.642. The van der Waals surface area contributed by atoms with E-state index in [2.05, 4.69) is 0 Å². The van der Waals surface area contributed by atoms with E-state index in [1.807, 2.05) is 0 Å². The first-order chi connectivity index (χ1) is 3.91. The number of unbranched alkanes of at least 4 members (excludes halogenated alkanes) is 3. The van der Waals surface area contributed by atoms with E-state index in [1.54, 1.807) is 0 Å². The van der Waals surface area contributed by atoms with Gasteiger partial charge in [0.05, 0.1) is 0 Å². The summed E-state index contributed by atoms with van der Waals surface area (Å²) in [4.78, 5) is 0. The summed E-state index contributed by atoms with van der Waals surface area (Å²) in [6, 6.07) is 0. The van der Waals surface area contributed by atoms with Crippen molar-refractivity contribution in [3.05, 3.63) is 0 Å². The maximum absolute atomic E-state index is 5.28. The third kappa shape index (κ3) is 29.7.